The maximum absolute atomic E-state index is 5.47. The summed E-state index contributed by atoms with van der Waals surface area (Å²) >= 11 is 0. The van der Waals surface area contributed by atoms with Crippen molar-refractivity contribution in [2.24, 2.45) is 0 Å². The lowest BCUT2D eigenvalue weighted by atomic mass is 10.0. The van der Waals surface area contributed by atoms with Gasteiger partial charge in [0, 0.05) is 49.1 Å². The highest BCUT2D eigenvalue weighted by atomic mass is 15.2. The van der Waals surface area contributed by atoms with Crippen LogP contribution in [0, 0.1) is 0 Å². The molecule has 0 radical (unpaired) electrons. The first-order valence-corrected chi connectivity index (χ1v) is 23.4. The van der Waals surface area contributed by atoms with Crippen molar-refractivity contribution < 1.29 is 0 Å². The number of rotatable bonds is 7. The fourth-order valence-corrected chi connectivity index (χ4v) is 10.6. The van der Waals surface area contributed by atoms with Crippen molar-refractivity contribution in [2.45, 2.75) is 0 Å². The number of benzene rings is 10. The molecule has 6 nitrogen and oxygen atoms in total. The zero-order valence-electron chi connectivity index (χ0n) is 37.3. The molecule has 0 saturated carbocycles. The lowest BCUT2D eigenvalue weighted by Crippen LogP contribution is -2.08. The third-order valence-corrected chi connectivity index (χ3v) is 13.7. The van der Waals surface area contributed by atoms with Crippen molar-refractivity contribution in [1.82, 2.24) is 28.7 Å². The summed E-state index contributed by atoms with van der Waals surface area (Å²) in [6, 6.07) is 86.3. The van der Waals surface area contributed by atoms with Crippen LogP contribution in [0.3, 0.4) is 0 Å². The Balaban J connectivity index is 1.08. The minimum Gasteiger partial charge on any atom is -0.309 e. The van der Waals surface area contributed by atoms with Crippen LogP contribution < -0.4 is 0 Å². The first-order valence-electron chi connectivity index (χ1n) is 23.4. The normalized spacial score (nSPS) is 11.8. The summed E-state index contributed by atoms with van der Waals surface area (Å²) in [5, 5.41) is 6.99. The molecule has 0 spiro atoms. The highest BCUT2D eigenvalue weighted by Crippen LogP contribution is 2.43. The molecule has 6 heteroatoms. The maximum Gasteiger partial charge on any atom is 0.238 e. The third kappa shape index (κ3) is 6.23. The van der Waals surface area contributed by atoms with Gasteiger partial charge in [0.25, 0.3) is 0 Å². The van der Waals surface area contributed by atoms with Crippen LogP contribution in [0.1, 0.15) is 0 Å². The average Bonchev–Trinajstić information content (AvgIpc) is 4.07. The Hall–Kier alpha value is -9.39. The molecule has 0 amide bonds. The zero-order chi connectivity index (χ0) is 45.4. The van der Waals surface area contributed by atoms with E-state index in [4.69, 9.17) is 15.0 Å². The topological polar surface area (TPSA) is 53.5 Å². The second kappa shape index (κ2) is 15.6. The highest BCUT2D eigenvalue weighted by Gasteiger charge is 2.25. The molecule has 69 heavy (non-hydrogen) atoms. The number of aromatic nitrogens is 6. The van der Waals surface area contributed by atoms with Gasteiger partial charge >= 0.3 is 0 Å². The Morgan fingerprint density at radius 3 is 1.01 bits per heavy atom. The molecule has 0 aliphatic rings. The smallest absolute Gasteiger partial charge is 0.238 e. The van der Waals surface area contributed by atoms with Gasteiger partial charge in [0.1, 0.15) is 0 Å². The molecule has 0 unspecified atom stereocenters. The number of para-hydroxylation sites is 5. The van der Waals surface area contributed by atoms with Crippen molar-refractivity contribution in [1.29, 1.82) is 0 Å². The molecule has 322 valence electrons. The Morgan fingerprint density at radius 1 is 0.246 bits per heavy atom. The van der Waals surface area contributed by atoms with Crippen LogP contribution in [0.15, 0.2) is 243 Å². The van der Waals surface area contributed by atoms with Gasteiger partial charge in [-0.1, -0.05) is 200 Å². The van der Waals surface area contributed by atoms with Gasteiger partial charge in [-0.2, -0.15) is 9.97 Å². The molecule has 14 rings (SSSR count). The SMILES string of the molecule is c1ccc(-c2ccc(-c3nc(-c4ccc(-c5ccccc5)cc4)nc(-n4c5ccccc5c5cc(-n6c7ccccc7c7ccccc76)cc(-n6c7ccccc7c7ccccc76)c54)n3)cc2)cc1. The fourth-order valence-electron chi connectivity index (χ4n) is 10.6. The Morgan fingerprint density at radius 2 is 0.580 bits per heavy atom. The molecule has 10 aromatic carbocycles. The summed E-state index contributed by atoms with van der Waals surface area (Å²) < 4.78 is 7.13. The van der Waals surface area contributed by atoms with Crippen LogP contribution in [0.5, 0.6) is 0 Å². The molecule has 4 aromatic heterocycles. The minimum absolute atomic E-state index is 0.534. The summed E-state index contributed by atoms with van der Waals surface area (Å²) in [6.45, 7) is 0. The Kier molecular flexibility index (Phi) is 8.79. The predicted octanol–water partition coefficient (Wildman–Crippen LogP) is 15.8. The molecular weight excluding hydrogens is 841 g/mol. The maximum atomic E-state index is 5.47. The standard InChI is InChI=1S/C63H40N6/c1-3-17-41(18-4-1)43-31-35-45(36-32-43)61-64-62(46-37-33-44(34-38-46)42-19-5-2-6-20-42)66-63(65-61)69-58-30-16-11-25-52(58)53-39-47(67-54-26-12-7-21-48(54)49-22-8-13-27-55(49)67)40-59(60(53)69)68-56-28-14-9-23-50(56)51-24-10-15-29-57(51)68/h1-40H. The lowest BCUT2D eigenvalue weighted by Gasteiger charge is -2.17. The largest absolute Gasteiger partial charge is 0.309 e. The molecule has 0 bridgehead atoms. The molecule has 14 aromatic rings. The monoisotopic (exact) mass is 880 g/mol. The predicted molar refractivity (Wildman–Crippen MR) is 285 cm³/mol. The van der Waals surface area contributed by atoms with Crippen molar-refractivity contribution in [3.63, 3.8) is 0 Å². The van der Waals surface area contributed by atoms with Crippen molar-refractivity contribution in [3.05, 3.63) is 243 Å². The van der Waals surface area contributed by atoms with Crippen molar-refractivity contribution in [3.8, 4) is 62.4 Å². The van der Waals surface area contributed by atoms with E-state index in [9.17, 15) is 0 Å². The quantitative estimate of drug-likeness (QED) is 0.160. The van der Waals surface area contributed by atoms with Crippen molar-refractivity contribution >= 4 is 65.4 Å². The number of nitrogens with zero attached hydrogens (tertiary/aromatic N) is 6. The van der Waals surface area contributed by atoms with Gasteiger partial charge in [-0.15, -0.1) is 0 Å². The van der Waals surface area contributed by atoms with Gasteiger partial charge in [0.05, 0.1) is 38.8 Å². The molecule has 4 heterocycles. The van der Waals surface area contributed by atoms with Gasteiger partial charge in [-0.05, 0) is 64.7 Å². The summed E-state index contributed by atoms with van der Waals surface area (Å²) in [5.41, 5.74) is 15.0. The van der Waals surface area contributed by atoms with E-state index >= 15 is 0 Å². The average molecular weight is 881 g/mol. The van der Waals surface area contributed by atoms with Gasteiger partial charge < -0.3 is 9.13 Å². The number of fused-ring (bicyclic) bond motifs is 9. The molecular formula is C63H40N6. The van der Waals surface area contributed by atoms with Crippen molar-refractivity contribution in [2.75, 3.05) is 0 Å². The fraction of sp³-hybridized carbons (Fsp3) is 0. The van der Waals surface area contributed by atoms with E-state index in [1.165, 1.54) is 21.5 Å². The first-order chi connectivity index (χ1) is 34.2. The summed E-state index contributed by atoms with van der Waals surface area (Å²) in [5.74, 6) is 1.72. The summed E-state index contributed by atoms with van der Waals surface area (Å²) in [7, 11) is 0. The first kappa shape index (κ1) is 38.8. The van der Waals surface area contributed by atoms with E-state index in [2.05, 4.69) is 244 Å². The van der Waals surface area contributed by atoms with E-state index in [0.29, 0.717) is 17.6 Å². The van der Waals surface area contributed by atoms with Gasteiger partial charge in [0.2, 0.25) is 5.95 Å². The molecule has 0 fully saturated rings. The van der Waals surface area contributed by atoms with E-state index in [1.54, 1.807) is 0 Å². The molecule has 0 atom stereocenters. The third-order valence-electron chi connectivity index (χ3n) is 13.7. The highest BCUT2D eigenvalue weighted by molar-refractivity contribution is 6.16. The van der Waals surface area contributed by atoms with Gasteiger partial charge in [0.15, 0.2) is 11.6 Å². The summed E-state index contributed by atoms with van der Waals surface area (Å²) in [6.07, 6.45) is 0. The van der Waals surface area contributed by atoms with Gasteiger partial charge in [-0.3, -0.25) is 4.57 Å². The molecule has 0 aliphatic heterocycles. The number of hydrogen-bond acceptors (Lipinski definition) is 3. The van der Waals surface area contributed by atoms with Crippen LogP contribution in [0.25, 0.3) is 128 Å². The zero-order valence-corrected chi connectivity index (χ0v) is 37.3. The Labute approximate surface area is 397 Å². The number of hydrogen-bond donors (Lipinski definition) is 0. The molecule has 0 saturated heterocycles. The molecule has 0 N–H and O–H groups in total. The van der Waals surface area contributed by atoms with Crippen LogP contribution in [-0.4, -0.2) is 28.7 Å². The molecule has 0 aliphatic carbocycles. The van der Waals surface area contributed by atoms with Crippen LogP contribution >= 0.6 is 0 Å². The van der Waals surface area contributed by atoms with Crippen LogP contribution in [-0.2, 0) is 0 Å². The van der Waals surface area contributed by atoms with Gasteiger partial charge in [-0.25, -0.2) is 4.98 Å². The lowest BCUT2D eigenvalue weighted by molar-refractivity contribution is 0.949. The van der Waals surface area contributed by atoms with Crippen LogP contribution in [0.2, 0.25) is 0 Å². The van der Waals surface area contributed by atoms with E-state index in [0.717, 1.165) is 88.6 Å². The second-order valence-electron chi connectivity index (χ2n) is 17.6. The van der Waals surface area contributed by atoms with E-state index in [1.807, 2.05) is 12.1 Å². The van der Waals surface area contributed by atoms with E-state index < -0.39 is 0 Å². The summed E-state index contributed by atoms with van der Waals surface area (Å²) in [4.78, 5) is 16.2. The minimum atomic E-state index is 0.534. The van der Waals surface area contributed by atoms with Crippen LogP contribution in [0.4, 0.5) is 0 Å². The Bertz CT molecular complexity index is 4070. The second-order valence-corrected chi connectivity index (χ2v) is 17.6. The van der Waals surface area contributed by atoms with E-state index in [-0.39, 0.29) is 0 Å².